The van der Waals surface area contributed by atoms with Crippen LogP contribution in [0.15, 0.2) is 53.6 Å². The molecule has 0 saturated carbocycles. The highest BCUT2D eigenvalue weighted by Crippen LogP contribution is 2.29. The lowest BCUT2D eigenvalue weighted by Gasteiger charge is -2.09. The number of nitrogens with one attached hydrogen (secondary N) is 2. The number of hydrogen-bond donors (Lipinski definition) is 2. The van der Waals surface area contributed by atoms with Crippen molar-refractivity contribution in [3.63, 3.8) is 0 Å². The average molecular weight is 380 g/mol. The van der Waals surface area contributed by atoms with Gasteiger partial charge in [0.1, 0.15) is 11.4 Å². The van der Waals surface area contributed by atoms with Gasteiger partial charge >= 0.3 is 0 Å². The second kappa shape index (κ2) is 8.72. The molecule has 2 N–H and O–H groups in total. The molecule has 3 aromatic rings. The van der Waals surface area contributed by atoms with Gasteiger partial charge in [0.25, 0.3) is 5.91 Å². The van der Waals surface area contributed by atoms with E-state index < -0.39 is 5.91 Å². The van der Waals surface area contributed by atoms with E-state index in [4.69, 9.17) is 14.2 Å². The summed E-state index contributed by atoms with van der Waals surface area (Å²) in [6.45, 7) is 0. The molecule has 1 aromatic heterocycles. The standard InChI is InChI=1S/C20H20N4O4/c1-26-15-9-7-13(8-10-15)16-11-17(23-22-16)20(25)24-21-12-14-5-4-6-18(27-2)19(14)28-3/h4-12H,1-3H3,(H,22,23)(H,24,25). The third-order valence-electron chi connectivity index (χ3n) is 4.01. The Morgan fingerprint density at radius 1 is 1.07 bits per heavy atom. The smallest absolute Gasteiger partial charge is 0.289 e. The molecule has 2 aromatic carbocycles. The number of amides is 1. The lowest BCUT2D eigenvalue weighted by Crippen LogP contribution is -2.18. The predicted molar refractivity (Wildman–Crippen MR) is 105 cm³/mol. The molecule has 144 valence electrons. The van der Waals surface area contributed by atoms with E-state index in [2.05, 4.69) is 20.7 Å². The quantitative estimate of drug-likeness (QED) is 0.485. The van der Waals surface area contributed by atoms with Crippen molar-refractivity contribution in [3.8, 4) is 28.5 Å². The van der Waals surface area contributed by atoms with Gasteiger partial charge < -0.3 is 14.2 Å². The number of ether oxygens (including phenoxy) is 3. The van der Waals surface area contributed by atoms with Crippen LogP contribution in [0.4, 0.5) is 0 Å². The second-order valence-corrected chi connectivity index (χ2v) is 5.68. The van der Waals surface area contributed by atoms with Crippen molar-refractivity contribution < 1.29 is 19.0 Å². The number of H-pyrrole nitrogens is 1. The summed E-state index contributed by atoms with van der Waals surface area (Å²) < 4.78 is 15.7. The molecular formula is C20H20N4O4. The van der Waals surface area contributed by atoms with Crippen molar-refractivity contribution in [2.24, 2.45) is 5.10 Å². The fraction of sp³-hybridized carbons (Fsp3) is 0.150. The maximum absolute atomic E-state index is 12.3. The highest BCUT2D eigenvalue weighted by Gasteiger charge is 2.11. The van der Waals surface area contributed by atoms with E-state index in [1.54, 1.807) is 45.6 Å². The van der Waals surface area contributed by atoms with Crippen LogP contribution >= 0.6 is 0 Å². The van der Waals surface area contributed by atoms with E-state index in [0.29, 0.717) is 28.5 Å². The van der Waals surface area contributed by atoms with E-state index in [-0.39, 0.29) is 0 Å². The van der Waals surface area contributed by atoms with Gasteiger partial charge in [0.15, 0.2) is 11.5 Å². The molecule has 3 rings (SSSR count). The highest BCUT2D eigenvalue weighted by molar-refractivity contribution is 5.94. The number of rotatable bonds is 7. The number of hydrazone groups is 1. The first-order valence-corrected chi connectivity index (χ1v) is 8.40. The maximum atomic E-state index is 12.3. The molecule has 0 fully saturated rings. The Kier molecular flexibility index (Phi) is 5.91. The minimum Gasteiger partial charge on any atom is -0.497 e. The molecule has 0 spiro atoms. The predicted octanol–water partition coefficient (Wildman–Crippen LogP) is 2.87. The Bertz CT molecular complexity index is 980. The van der Waals surface area contributed by atoms with Gasteiger partial charge in [-0.15, -0.1) is 0 Å². The summed E-state index contributed by atoms with van der Waals surface area (Å²) >= 11 is 0. The first-order valence-electron chi connectivity index (χ1n) is 8.40. The molecule has 0 aliphatic rings. The first-order chi connectivity index (χ1) is 13.7. The fourth-order valence-electron chi connectivity index (χ4n) is 2.58. The number of methoxy groups -OCH3 is 3. The number of para-hydroxylation sites is 1. The van der Waals surface area contributed by atoms with E-state index in [1.165, 1.54) is 6.21 Å². The summed E-state index contributed by atoms with van der Waals surface area (Å²) in [6, 6.07) is 14.4. The van der Waals surface area contributed by atoms with Gasteiger partial charge in [-0.2, -0.15) is 10.2 Å². The zero-order valence-electron chi connectivity index (χ0n) is 15.7. The molecular weight excluding hydrogens is 360 g/mol. The molecule has 0 radical (unpaired) electrons. The van der Waals surface area contributed by atoms with Gasteiger partial charge in [-0.05, 0) is 42.5 Å². The van der Waals surface area contributed by atoms with Gasteiger partial charge in [0.2, 0.25) is 0 Å². The minimum absolute atomic E-state index is 0.292. The van der Waals surface area contributed by atoms with Crippen LogP contribution < -0.4 is 19.6 Å². The number of benzene rings is 2. The Labute approximate surface area is 162 Å². The SMILES string of the molecule is COc1ccc(-c2cc(C(=O)NN=Cc3cccc(OC)c3OC)[nH]n2)cc1. The molecule has 0 unspecified atom stereocenters. The van der Waals surface area contributed by atoms with Crippen molar-refractivity contribution in [1.29, 1.82) is 0 Å². The fourth-order valence-corrected chi connectivity index (χ4v) is 2.58. The van der Waals surface area contributed by atoms with Crippen LogP contribution in [-0.4, -0.2) is 43.6 Å². The summed E-state index contributed by atoms with van der Waals surface area (Å²) in [5, 5.41) is 10.9. The van der Waals surface area contributed by atoms with Crippen molar-refractivity contribution >= 4 is 12.1 Å². The molecule has 8 heteroatoms. The summed E-state index contributed by atoms with van der Waals surface area (Å²) in [4.78, 5) is 12.3. The van der Waals surface area contributed by atoms with Crippen molar-refractivity contribution in [3.05, 3.63) is 59.8 Å². The average Bonchev–Trinajstić information content (AvgIpc) is 3.24. The normalized spacial score (nSPS) is 10.7. The topological polar surface area (TPSA) is 97.8 Å². The third-order valence-corrected chi connectivity index (χ3v) is 4.01. The van der Waals surface area contributed by atoms with E-state index >= 15 is 0 Å². The molecule has 1 heterocycles. The molecule has 0 atom stereocenters. The minimum atomic E-state index is -0.412. The molecule has 0 saturated heterocycles. The first kappa shape index (κ1) is 19.0. The van der Waals surface area contributed by atoms with E-state index in [9.17, 15) is 4.79 Å². The lowest BCUT2D eigenvalue weighted by molar-refractivity contribution is 0.0950. The second-order valence-electron chi connectivity index (χ2n) is 5.68. The molecule has 0 bridgehead atoms. The van der Waals surface area contributed by atoms with Crippen LogP contribution in [0, 0.1) is 0 Å². The van der Waals surface area contributed by atoms with E-state index in [1.807, 2.05) is 24.3 Å². The van der Waals surface area contributed by atoms with Crippen LogP contribution in [0.1, 0.15) is 16.1 Å². The zero-order valence-corrected chi connectivity index (χ0v) is 15.7. The van der Waals surface area contributed by atoms with Crippen LogP contribution in [-0.2, 0) is 0 Å². The van der Waals surface area contributed by atoms with Crippen LogP contribution in [0.2, 0.25) is 0 Å². The zero-order chi connectivity index (χ0) is 19.9. The monoisotopic (exact) mass is 380 g/mol. The summed E-state index contributed by atoms with van der Waals surface area (Å²) in [5.41, 5.74) is 4.93. The molecule has 0 aliphatic heterocycles. The van der Waals surface area contributed by atoms with Crippen LogP contribution in [0.25, 0.3) is 11.3 Å². The van der Waals surface area contributed by atoms with Gasteiger partial charge in [-0.25, -0.2) is 5.43 Å². The number of nitrogens with zero attached hydrogens (tertiary/aromatic N) is 2. The molecule has 8 nitrogen and oxygen atoms in total. The highest BCUT2D eigenvalue weighted by atomic mass is 16.5. The molecule has 1 amide bonds. The Morgan fingerprint density at radius 2 is 1.86 bits per heavy atom. The number of carbonyl (C=O) groups is 1. The summed E-state index contributed by atoms with van der Waals surface area (Å²) in [7, 11) is 4.70. The van der Waals surface area contributed by atoms with Gasteiger partial charge in [-0.1, -0.05) is 6.07 Å². The van der Waals surface area contributed by atoms with Crippen molar-refractivity contribution in [2.75, 3.05) is 21.3 Å². The van der Waals surface area contributed by atoms with E-state index in [0.717, 1.165) is 11.3 Å². The Hall–Kier alpha value is -3.81. The molecule has 28 heavy (non-hydrogen) atoms. The van der Waals surface area contributed by atoms with Crippen molar-refractivity contribution in [1.82, 2.24) is 15.6 Å². The van der Waals surface area contributed by atoms with Crippen LogP contribution in [0.5, 0.6) is 17.2 Å². The number of aromatic nitrogens is 2. The number of carbonyl (C=O) groups excluding carboxylic acids is 1. The Balaban J connectivity index is 1.69. The summed E-state index contributed by atoms with van der Waals surface area (Å²) in [5.74, 6) is 1.45. The third kappa shape index (κ3) is 4.12. The molecule has 0 aliphatic carbocycles. The van der Waals surface area contributed by atoms with Gasteiger partial charge in [0.05, 0.1) is 33.2 Å². The number of aromatic amines is 1. The summed E-state index contributed by atoms with van der Waals surface area (Å²) in [6.07, 6.45) is 1.49. The Morgan fingerprint density at radius 3 is 2.54 bits per heavy atom. The van der Waals surface area contributed by atoms with Gasteiger partial charge in [0, 0.05) is 11.1 Å². The van der Waals surface area contributed by atoms with Crippen LogP contribution in [0.3, 0.4) is 0 Å². The number of hydrogen-bond acceptors (Lipinski definition) is 6. The van der Waals surface area contributed by atoms with Gasteiger partial charge in [-0.3, -0.25) is 9.89 Å². The van der Waals surface area contributed by atoms with Crippen molar-refractivity contribution in [2.45, 2.75) is 0 Å². The maximum Gasteiger partial charge on any atom is 0.289 e. The lowest BCUT2D eigenvalue weighted by atomic mass is 10.1. The largest absolute Gasteiger partial charge is 0.497 e.